The number of carbonyl (C=O) groups excluding carboxylic acids is 1. The molecule has 2 aromatic carbocycles. The molecule has 0 spiro atoms. The minimum Gasteiger partial charge on any atom is -0.487 e. The summed E-state index contributed by atoms with van der Waals surface area (Å²) in [5.41, 5.74) is 2.86. The molecule has 0 aromatic heterocycles. The number of nitrogens with zero attached hydrogens (tertiary/aromatic N) is 1. The standard InChI is InChI=1S/C27H36N2O2/c1-3-27(4-2)19-24(23-11-7-8-12-25(23)31-27)28-26(30)22-15-13-21(14-16-22)20-29-17-9-5-6-10-18-29/h7-8,11-16,24H,3-6,9-10,17-20H2,1-2H3,(H,28,30). The molecule has 166 valence electrons. The van der Waals surface area contributed by atoms with Crippen LogP contribution in [0.1, 0.15) is 86.3 Å². The Balaban J connectivity index is 1.45. The summed E-state index contributed by atoms with van der Waals surface area (Å²) < 4.78 is 6.38. The van der Waals surface area contributed by atoms with Gasteiger partial charge in [-0.15, -0.1) is 0 Å². The normalized spacial score (nSPS) is 20.9. The number of carbonyl (C=O) groups is 1. The first-order chi connectivity index (χ1) is 15.1. The third kappa shape index (κ3) is 5.12. The summed E-state index contributed by atoms with van der Waals surface area (Å²) in [5, 5.41) is 3.29. The van der Waals surface area contributed by atoms with E-state index in [-0.39, 0.29) is 17.6 Å². The van der Waals surface area contributed by atoms with Gasteiger partial charge in [0.05, 0.1) is 6.04 Å². The molecule has 0 radical (unpaired) electrons. The molecule has 1 unspecified atom stereocenters. The maximum absolute atomic E-state index is 13.1. The van der Waals surface area contributed by atoms with E-state index in [1.54, 1.807) is 0 Å². The zero-order chi connectivity index (χ0) is 21.7. The molecular formula is C27H36N2O2. The number of ether oxygens (including phenoxy) is 1. The van der Waals surface area contributed by atoms with Gasteiger partial charge in [-0.2, -0.15) is 0 Å². The van der Waals surface area contributed by atoms with E-state index in [9.17, 15) is 4.79 Å². The summed E-state index contributed by atoms with van der Waals surface area (Å²) in [6.45, 7) is 7.67. The molecule has 0 saturated carbocycles. The predicted molar refractivity (Wildman–Crippen MR) is 125 cm³/mol. The molecule has 0 aliphatic carbocycles. The summed E-state index contributed by atoms with van der Waals surface area (Å²) in [6.07, 6.45) is 7.94. The Hall–Kier alpha value is -2.33. The van der Waals surface area contributed by atoms with E-state index in [0.29, 0.717) is 0 Å². The van der Waals surface area contributed by atoms with Crippen LogP contribution in [-0.4, -0.2) is 29.5 Å². The van der Waals surface area contributed by atoms with Gasteiger partial charge in [-0.05, 0) is 62.5 Å². The minimum absolute atomic E-state index is 0.0101. The molecule has 1 fully saturated rings. The fourth-order valence-electron chi connectivity index (χ4n) is 4.99. The Morgan fingerprint density at radius 2 is 1.68 bits per heavy atom. The molecule has 1 amide bonds. The molecule has 2 heterocycles. The zero-order valence-electron chi connectivity index (χ0n) is 19.0. The average molecular weight is 421 g/mol. The molecular weight excluding hydrogens is 384 g/mol. The van der Waals surface area contributed by atoms with E-state index >= 15 is 0 Å². The van der Waals surface area contributed by atoms with Crippen molar-refractivity contribution in [2.45, 2.75) is 77.0 Å². The smallest absolute Gasteiger partial charge is 0.251 e. The number of nitrogens with one attached hydrogen (secondary N) is 1. The highest BCUT2D eigenvalue weighted by atomic mass is 16.5. The lowest BCUT2D eigenvalue weighted by Gasteiger charge is -2.41. The third-order valence-corrected chi connectivity index (χ3v) is 7.11. The second kappa shape index (κ2) is 9.86. The van der Waals surface area contributed by atoms with Gasteiger partial charge >= 0.3 is 0 Å². The van der Waals surface area contributed by atoms with Crippen molar-refractivity contribution in [2.24, 2.45) is 0 Å². The van der Waals surface area contributed by atoms with Crippen LogP contribution in [0.25, 0.3) is 0 Å². The summed E-state index contributed by atoms with van der Waals surface area (Å²) in [6, 6.07) is 16.2. The first-order valence-electron chi connectivity index (χ1n) is 12.0. The highest BCUT2D eigenvalue weighted by Crippen LogP contribution is 2.42. The summed E-state index contributed by atoms with van der Waals surface area (Å²) in [5.74, 6) is 0.889. The number of hydrogen-bond donors (Lipinski definition) is 1. The highest BCUT2D eigenvalue weighted by molar-refractivity contribution is 5.94. The number of benzene rings is 2. The molecule has 0 bridgehead atoms. The maximum atomic E-state index is 13.1. The Morgan fingerprint density at radius 1 is 1.00 bits per heavy atom. The Labute approximate surface area is 187 Å². The lowest BCUT2D eigenvalue weighted by Crippen LogP contribution is -2.44. The monoisotopic (exact) mass is 420 g/mol. The second-order valence-corrected chi connectivity index (χ2v) is 9.15. The average Bonchev–Trinajstić information content (AvgIpc) is 3.08. The van der Waals surface area contributed by atoms with Gasteiger partial charge in [-0.3, -0.25) is 9.69 Å². The van der Waals surface area contributed by atoms with Gasteiger partial charge in [0.2, 0.25) is 0 Å². The molecule has 4 heteroatoms. The van der Waals surface area contributed by atoms with Gasteiger partial charge < -0.3 is 10.1 Å². The molecule has 1 saturated heterocycles. The fourth-order valence-corrected chi connectivity index (χ4v) is 4.99. The largest absolute Gasteiger partial charge is 0.487 e. The lowest BCUT2D eigenvalue weighted by molar-refractivity contribution is 0.0227. The van der Waals surface area contributed by atoms with Crippen molar-refractivity contribution in [3.63, 3.8) is 0 Å². The van der Waals surface area contributed by atoms with Crippen LogP contribution < -0.4 is 10.1 Å². The van der Waals surface area contributed by atoms with Crippen molar-refractivity contribution in [1.29, 1.82) is 0 Å². The molecule has 4 nitrogen and oxygen atoms in total. The Kier molecular flexibility index (Phi) is 6.96. The number of fused-ring (bicyclic) bond motifs is 1. The van der Waals surface area contributed by atoms with E-state index in [2.05, 4.69) is 42.3 Å². The third-order valence-electron chi connectivity index (χ3n) is 7.11. The lowest BCUT2D eigenvalue weighted by atomic mass is 9.83. The van der Waals surface area contributed by atoms with Gasteiger partial charge in [0.25, 0.3) is 5.91 Å². The Bertz CT molecular complexity index is 865. The first-order valence-corrected chi connectivity index (χ1v) is 12.0. The van der Waals surface area contributed by atoms with Gasteiger partial charge in [0, 0.05) is 24.1 Å². The predicted octanol–water partition coefficient (Wildman–Crippen LogP) is 5.88. The topological polar surface area (TPSA) is 41.6 Å². The van der Waals surface area contributed by atoms with E-state index < -0.39 is 0 Å². The van der Waals surface area contributed by atoms with Crippen molar-refractivity contribution in [3.8, 4) is 5.75 Å². The number of amides is 1. The van der Waals surface area contributed by atoms with Crippen LogP contribution in [0.3, 0.4) is 0 Å². The quantitative estimate of drug-likeness (QED) is 0.635. The summed E-state index contributed by atoms with van der Waals surface area (Å²) in [4.78, 5) is 15.6. The number of likely N-dealkylation sites (tertiary alicyclic amines) is 1. The van der Waals surface area contributed by atoms with Gasteiger partial charge in [0.1, 0.15) is 11.4 Å². The van der Waals surface area contributed by atoms with Crippen LogP contribution in [0.5, 0.6) is 5.75 Å². The van der Waals surface area contributed by atoms with Gasteiger partial charge in [-0.1, -0.05) is 57.0 Å². The molecule has 2 aliphatic rings. The number of para-hydroxylation sites is 1. The molecule has 2 aromatic rings. The van der Waals surface area contributed by atoms with Crippen LogP contribution in [0.4, 0.5) is 0 Å². The van der Waals surface area contributed by atoms with Crippen molar-refractivity contribution < 1.29 is 9.53 Å². The second-order valence-electron chi connectivity index (χ2n) is 9.15. The van der Waals surface area contributed by atoms with Crippen LogP contribution in [0, 0.1) is 0 Å². The minimum atomic E-state index is -0.219. The maximum Gasteiger partial charge on any atom is 0.251 e. The van der Waals surface area contributed by atoms with Crippen molar-refractivity contribution >= 4 is 5.91 Å². The van der Waals surface area contributed by atoms with Crippen molar-refractivity contribution in [2.75, 3.05) is 13.1 Å². The highest BCUT2D eigenvalue weighted by Gasteiger charge is 2.39. The molecule has 2 aliphatic heterocycles. The summed E-state index contributed by atoms with van der Waals surface area (Å²) >= 11 is 0. The van der Waals surface area contributed by atoms with E-state index in [1.807, 2.05) is 30.3 Å². The molecule has 1 atom stereocenters. The molecule has 1 N–H and O–H groups in total. The van der Waals surface area contributed by atoms with Crippen LogP contribution >= 0.6 is 0 Å². The number of hydrogen-bond acceptors (Lipinski definition) is 3. The van der Waals surface area contributed by atoms with Gasteiger partial charge in [0.15, 0.2) is 0 Å². The Morgan fingerprint density at radius 3 is 2.35 bits per heavy atom. The number of rotatable bonds is 6. The fraction of sp³-hybridized carbons (Fsp3) is 0.519. The molecule has 31 heavy (non-hydrogen) atoms. The van der Waals surface area contributed by atoms with E-state index in [4.69, 9.17) is 4.74 Å². The van der Waals surface area contributed by atoms with Crippen molar-refractivity contribution in [1.82, 2.24) is 10.2 Å². The van der Waals surface area contributed by atoms with Crippen LogP contribution in [-0.2, 0) is 6.54 Å². The van der Waals surface area contributed by atoms with Crippen LogP contribution in [0.2, 0.25) is 0 Å². The first kappa shape index (κ1) is 21.9. The zero-order valence-corrected chi connectivity index (χ0v) is 19.0. The van der Waals surface area contributed by atoms with Crippen LogP contribution in [0.15, 0.2) is 48.5 Å². The van der Waals surface area contributed by atoms with E-state index in [0.717, 1.165) is 42.7 Å². The van der Waals surface area contributed by atoms with Gasteiger partial charge in [-0.25, -0.2) is 0 Å². The summed E-state index contributed by atoms with van der Waals surface area (Å²) in [7, 11) is 0. The SMILES string of the molecule is CCC1(CC)CC(NC(=O)c2ccc(CN3CCCCCC3)cc2)c2ccccc2O1. The molecule has 4 rings (SSSR count). The van der Waals surface area contributed by atoms with Crippen molar-refractivity contribution in [3.05, 3.63) is 65.2 Å². The van der Waals surface area contributed by atoms with E-state index in [1.165, 1.54) is 44.3 Å².